The Labute approximate surface area is 245 Å². The highest BCUT2D eigenvalue weighted by Crippen LogP contribution is 2.33. The molecule has 1 aromatic heterocycles. The molecule has 13 heteroatoms. The van der Waals surface area contributed by atoms with Crippen molar-refractivity contribution >= 4 is 27.9 Å². The Bertz CT molecular complexity index is 1490. The third-order valence-electron chi connectivity index (χ3n) is 7.07. The van der Waals surface area contributed by atoms with Gasteiger partial charge in [0.15, 0.2) is 0 Å². The van der Waals surface area contributed by atoms with Gasteiger partial charge in [0.05, 0.1) is 11.7 Å². The number of nitrogens with one attached hydrogen (secondary N) is 2. The van der Waals surface area contributed by atoms with Crippen LogP contribution in [0.1, 0.15) is 62.0 Å². The van der Waals surface area contributed by atoms with Gasteiger partial charge in [-0.15, -0.1) is 9.38 Å². The summed E-state index contributed by atoms with van der Waals surface area (Å²) in [6.07, 6.45) is 4.90. The molecule has 1 aliphatic carbocycles. The van der Waals surface area contributed by atoms with Crippen molar-refractivity contribution in [3.05, 3.63) is 76.1 Å². The van der Waals surface area contributed by atoms with Crippen LogP contribution in [0.25, 0.3) is 0 Å². The molecule has 2 aliphatic rings. The smallest absolute Gasteiger partial charge is 0.361 e. The molecule has 2 N–H and O–H groups in total. The van der Waals surface area contributed by atoms with Crippen LogP contribution in [-0.2, 0) is 38.9 Å². The van der Waals surface area contributed by atoms with Crippen molar-refractivity contribution in [2.75, 3.05) is 13.1 Å². The summed E-state index contributed by atoms with van der Waals surface area (Å²) in [5.74, 6) is -0.326. The normalized spacial score (nSPS) is 20.0. The lowest BCUT2D eigenvalue weighted by molar-refractivity contribution is -0.152. The fourth-order valence-electron chi connectivity index (χ4n) is 5.07. The molecule has 2 aromatic carbocycles. The summed E-state index contributed by atoms with van der Waals surface area (Å²) in [4.78, 5) is 12.8. The van der Waals surface area contributed by atoms with Crippen molar-refractivity contribution in [1.29, 1.82) is 0 Å². The third kappa shape index (κ3) is 7.63. The van der Waals surface area contributed by atoms with Gasteiger partial charge in [0.25, 0.3) is 0 Å². The Balaban J connectivity index is 1.28. The van der Waals surface area contributed by atoms with Crippen LogP contribution in [0.3, 0.4) is 0 Å². The summed E-state index contributed by atoms with van der Waals surface area (Å²) in [7, 11) is -4.50. The van der Waals surface area contributed by atoms with Crippen molar-refractivity contribution in [2.24, 2.45) is 0 Å². The predicted molar refractivity (Wildman–Crippen MR) is 153 cm³/mol. The fraction of sp³-hybridized carbons (Fsp3) is 0.464. The second kappa shape index (κ2) is 12.1. The van der Waals surface area contributed by atoms with E-state index in [0.29, 0.717) is 10.7 Å². The number of hydrogen-bond donors (Lipinski definition) is 2. The molecule has 2 atom stereocenters. The van der Waals surface area contributed by atoms with Crippen molar-refractivity contribution in [2.45, 2.75) is 70.6 Å². The van der Waals surface area contributed by atoms with E-state index in [4.69, 9.17) is 20.1 Å². The average Bonchev–Trinajstić information content (AvgIpc) is 3.38. The minimum Gasteiger partial charge on any atom is -0.361 e. The van der Waals surface area contributed by atoms with Crippen LogP contribution < -0.4 is 14.8 Å². The van der Waals surface area contributed by atoms with Crippen molar-refractivity contribution in [3.8, 4) is 5.75 Å². The van der Waals surface area contributed by atoms with E-state index < -0.39 is 16.4 Å². The molecule has 11 nitrogen and oxygen atoms in total. The molecule has 5 rings (SSSR count). The summed E-state index contributed by atoms with van der Waals surface area (Å²) in [5.41, 5.74) is 4.37. The highest BCUT2D eigenvalue weighted by molar-refractivity contribution is 7.82. The number of piperazine rings is 1. The Morgan fingerprint density at radius 2 is 1.95 bits per heavy atom. The molecule has 1 saturated heterocycles. The van der Waals surface area contributed by atoms with Gasteiger partial charge in [0, 0.05) is 42.8 Å². The van der Waals surface area contributed by atoms with Gasteiger partial charge in [0.2, 0.25) is 5.91 Å². The van der Waals surface area contributed by atoms with Crippen LogP contribution in [-0.4, -0.2) is 59.1 Å². The molecular formula is C28H35ClN6O5S. The van der Waals surface area contributed by atoms with Crippen molar-refractivity contribution < 1.29 is 21.7 Å². The highest BCUT2D eigenvalue weighted by Gasteiger charge is 2.36. The van der Waals surface area contributed by atoms with E-state index in [0.717, 1.165) is 30.9 Å². The van der Waals surface area contributed by atoms with Crippen LogP contribution in [0.5, 0.6) is 5.75 Å². The molecule has 2 heterocycles. The van der Waals surface area contributed by atoms with Crippen LogP contribution in [0.2, 0.25) is 5.02 Å². The van der Waals surface area contributed by atoms with E-state index in [2.05, 4.69) is 59.9 Å². The molecule has 41 heavy (non-hydrogen) atoms. The number of fused-ring (bicyclic) bond motifs is 1. The molecule has 0 unspecified atom stereocenters. The molecule has 0 saturated carbocycles. The first kappa shape index (κ1) is 29.5. The van der Waals surface area contributed by atoms with Crippen LogP contribution >= 0.6 is 11.6 Å². The molecule has 3 aromatic rings. The topological polar surface area (TPSA) is 128 Å². The maximum Gasteiger partial charge on any atom is 0.465 e. The van der Waals surface area contributed by atoms with Gasteiger partial charge >= 0.3 is 10.4 Å². The standard InChI is InChI=1S/C28H35ClN6O5S/c1-28(2,3)31-17-19-7-12-24-20(15-19)5-4-6-25(24)34-18-22(32-33-34)16-26-27(36)30-13-14-35(26)40-41(37,38)39-23-10-8-21(29)9-11-23/h7-12,15,18,25-26,31H,4-6,13-14,16-17H2,1-3H3,(H,30,36)/t25-,26-/m1/s1. The van der Waals surface area contributed by atoms with Crippen LogP contribution in [0.4, 0.5) is 0 Å². The van der Waals surface area contributed by atoms with Crippen LogP contribution in [0, 0.1) is 0 Å². The van der Waals surface area contributed by atoms with Crippen LogP contribution in [0.15, 0.2) is 48.7 Å². The van der Waals surface area contributed by atoms with E-state index in [9.17, 15) is 13.2 Å². The van der Waals surface area contributed by atoms with Gasteiger partial charge in [-0.05, 0) is 81.0 Å². The van der Waals surface area contributed by atoms with Gasteiger partial charge in [-0.25, -0.2) is 4.68 Å². The Hall–Kier alpha value is -3.03. The minimum atomic E-state index is -4.50. The maximum absolute atomic E-state index is 12.8. The Morgan fingerprint density at radius 3 is 2.71 bits per heavy atom. The largest absolute Gasteiger partial charge is 0.465 e. The summed E-state index contributed by atoms with van der Waals surface area (Å²) < 4.78 is 37.3. The second-order valence-electron chi connectivity index (χ2n) is 11.4. The second-order valence-corrected chi connectivity index (χ2v) is 13.0. The summed E-state index contributed by atoms with van der Waals surface area (Å²) in [6, 6.07) is 11.5. The number of halogens is 1. The van der Waals surface area contributed by atoms with Gasteiger partial charge in [0.1, 0.15) is 11.8 Å². The molecule has 220 valence electrons. The number of carbonyl (C=O) groups excluding carboxylic acids is 1. The number of aromatic nitrogens is 3. The van der Waals surface area contributed by atoms with Crippen molar-refractivity contribution in [3.63, 3.8) is 0 Å². The van der Waals surface area contributed by atoms with E-state index >= 15 is 0 Å². The number of hydroxylamine groups is 2. The number of benzene rings is 2. The molecule has 0 radical (unpaired) electrons. The lowest BCUT2D eigenvalue weighted by atomic mass is 9.86. The number of carbonyl (C=O) groups is 1. The molecule has 1 aliphatic heterocycles. The molecule has 1 amide bonds. The van der Waals surface area contributed by atoms with Gasteiger partial charge in [-0.1, -0.05) is 35.0 Å². The summed E-state index contributed by atoms with van der Waals surface area (Å²) >= 11 is 5.85. The first-order valence-electron chi connectivity index (χ1n) is 13.7. The quantitative estimate of drug-likeness (QED) is 0.379. The lowest BCUT2D eigenvalue weighted by Crippen LogP contribution is -2.56. The van der Waals surface area contributed by atoms with E-state index in [-0.39, 0.29) is 42.7 Å². The highest BCUT2D eigenvalue weighted by atomic mass is 35.5. The first-order chi connectivity index (χ1) is 19.5. The summed E-state index contributed by atoms with van der Waals surface area (Å²) in [6.45, 7) is 7.64. The zero-order chi connectivity index (χ0) is 29.2. The average molecular weight is 603 g/mol. The maximum atomic E-state index is 12.8. The van der Waals surface area contributed by atoms with E-state index in [1.165, 1.54) is 41.0 Å². The van der Waals surface area contributed by atoms with E-state index in [1.807, 2.05) is 10.9 Å². The molecule has 0 bridgehead atoms. The zero-order valence-corrected chi connectivity index (χ0v) is 24.9. The molecule has 1 fully saturated rings. The summed E-state index contributed by atoms with van der Waals surface area (Å²) in [5, 5.41) is 16.6. The predicted octanol–water partition coefficient (Wildman–Crippen LogP) is 3.34. The van der Waals surface area contributed by atoms with Gasteiger partial charge in [-0.3, -0.25) is 4.79 Å². The van der Waals surface area contributed by atoms with Gasteiger partial charge < -0.3 is 14.8 Å². The first-order valence-corrected chi connectivity index (χ1v) is 15.4. The monoisotopic (exact) mass is 602 g/mol. The number of amides is 1. The number of aryl methyl sites for hydroxylation is 1. The molecule has 0 spiro atoms. The van der Waals surface area contributed by atoms with Gasteiger partial charge in [-0.2, -0.15) is 13.5 Å². The zero-order valence-electron chi connectivity index (χ0n) is 23.3. The van der Waals surface area contributed by atoms with Crippen molar-refractivity contribution in [1.82, 2.24) is 30.7 Å². The Morgan fingerprint density at radius 1 is 1.17 bits per heavy atom. The number of nitrogens with zero attached hydrogens (tertiary/aromatic N) is 4. The minimum absolute atomic E-state index is 0.0327. The lowest BCUT2D eigenvalue weighted by Gasteiger charge is -2.32. The third-order valence-corrected chi connectivity index (χ3v) is 8.10. The van der Waals surface area contributed by atoms with E-state index in [1.54, 1.807) is 0 Å². The number of rotatable bonds is 9. The molecular weight excluding hydrogens is 568 g/mol. The fourth-order valence-corrected chi connectivity index (χ4v) is 5.99. The Kier molecular flexibility index (Phi) is 8.67. The SMILES string of the molecule is CC(C)(C)NCc1ccc2c(c1)CCC[C@H]2n1cc(C[C@@H]2C(=O)NCCN2OS(=O)(=O)Oc2ccc(Cl)cc2)nn1. The number of hydrogen-bond acceptors (Lipinski definition) is 9.